The Hall–Kier alpha value is -2.35. The number of benzene rings is 1. The van der Waals surface area contributed by atoms with Gasteiger partial charge < -0.3 is 10.6 Å². The van der Waals surface area contributed by atoms with E-state index in [2.05, 4.69) is 5.32 Å². The maximum Gasteiger partial charge on any atom is 0.316 e. The van der Waals surface area contributed by atoms with Gasteiger partial charge in [0.1, 0.15) is 17.3 Å². The first-order valence-electron chi connectivity index (χ1n) is 6.80. The van der Waals surface area contributed by atoms with E-state index in [0.29, 0.717) is 25.9 Å². The van der Waals surface area contributed by atoms with Crippen molar-refractivity contribution in [1.82, 2.24) is 10.6 Å². The summed E-state index contributed by atoms with van der Waals surface area (Å²) in [6.07, 6.45) is 1.12. The summed E-state index contributed by atoms with van der Waals surface area (Å²) in [7, 11) is 0. The molecule has 0 atom stereocenters. The molecule has 1 aromatic rings. The van der Waals surface area contributed by atoms with Gasteiger partial charge >= 0.3 is 11.8 Å². The van der Waals surface area contributed by atoms with E-state index in [1.165, 1.54) is 0 Å². The second-order valence-corrected chi connectivity index (χ2v) is 4.89. The lowest BCUT2D eigenvalue weighted by molar-refractivity contribution is -0.141. The van der Waals surface area contributed by atoms with Gasteiger partial charge in [-0.15, -0.1) is 0 Å². The molecule has 0 aliphatic carbocycles. The van der Waals surface area contributed by atoms with Gasteiger partial charge in [0.2, 0.25) is 5.91 Å². The highest BCUT2D eigenvalue weighted by atomic mass is 19.1. The number of piperidine rings is 1. The van der Waals surface area contributed by atoms with Gasteiger partial charge in [0.05, 0.1) is 0 Å². The summed E-state index contributed by atoms with van der Waals surface area (Å²) >= 11 is 0. The lowest BCUT2D eigenvalue weighted by Crippen LogP contribution is -2.44. The van der Waals surface area contributed by atoms with Gasteiger partial charge in [0.15, 0.2) is 0 Å². The van der Waals surface area contributed by atoms with Crippen LogP contribution < -0.4 is 16.0 Å². The predicted molar refractivity (Wildman–Crippen MR) is 73.7 cm³/mol. The zero-order valence-corrected chi connectivity index (χ0v) is 11.6. The van der Waals surface area contributed by atoms with Crippen LogP contribution in [0.5, 0.6) is 0 Å². The second kappa shape index (κ2) is 7.08. The van der Waals surface area contributed by atoms with Gasteiger partial charge in [-0.2, -0.15) is 0 Å². The minimum Gasteiger partial charge on any atom is -0.317 e. The lowest BCUT2D eigenvalue weighted by Gasteiger charge is -2.21. The first-order valence-corrected chi connectivity index (χ1v) is 6.80. The maximum atomic E-state index is 13.4. The monoisotopic (exact) mass is 311 g/mol. The van der Waals surface area contributed by atoms with E-state index in [1.54, 1.807) is 0 Å². The molecule has 0 aromatic heterocycles. The van der Waals surface area contributed by atoms with Gasteiger partial charge in [0.25, 0.3) is 0 Å². The average Bonchev–Trinajstić information content (AvgIpc) is 2.51. The molecule has 0 spiro atoms. The molecule has 0 unspecified atom stereocenters. The number of anilines is 1. The Balaban J connectivity index is 1.94. The zero-order valence-electron chi connectivity index (χ0n) is 11.6. The zero-order chi connectivity index (χ0) is 16.1. The Morgan fingerprint density at radius 1 is 1.05 bits per heavy atom. The van der Waals surface area contributed by atoms with Crippen molar-refractivity contribution in [2.75, 3.05) is 18.4 Å². The van der Waals surface area contributed by atoms with E-state index in [9.17, 15) is 23.2 Å². The number of hydrogen-bond donors (Lipinski definition) is 3. The number of amides is 3. The van der Waals surface area contributed by atoms with Gasteiger partial charge in [-0.05, 0) is 38.1 Å². The van der Waals surface area contributed by atoms with Crippen molar-refractivity contribution >= 4 is 23.4 Å². The molecule has 118 valence electrons. The normalized spacial score (nSPS) is 15.2. The van der Waals surface area contributed by atoms with Gasteiger partial charge in [-0.25, -0.2) is 8.78 Å². The third-order valence-electron chi connectivity index (χ3n) is 3.35. The number of para-hydroxylation sites is 1. The molecule has 6 nitrogen and oxygen atoms in total. The smallest absolute Gasteiger partial charge is 0.316 e. The maximum absolute atomic E-state index is 13.4. The van der Waals surface area contributed by atoms with Gasteiger partial charge in [0, 0.05) is 5.92 Å². The molecule has 2 rings (SSSR count). The number of carbonyl (C=O) groups excluding carboxylic acids is 3. The molecule has 1 aliphatic rings. The van der Waals surface area contributed by atoms with Crippen LogP contribution in [0.2, 0.25) is 0 Å². The number of rotatable bonds is 2. The summed E-state index contributed by atoms with van der Waals surface area (Å²) in [5.74, 6) is -5.48. The molecule has 8 heteroatoms. The van der Waals surface area contributed by atoms with Crippen molar-refractivity contribution in [1.29, 1.82) is 0 Å². The molecule has 1 saturated heterocycles. The number of nitrogens with one attached hydrogen (secondary N) is 3. The summed E-state index contributed by atoms with van der Waals surface area (Å²) < 4.78 is 26.7. The quantitative estimate of drug-likeness (QED) is 0.696. The van der Waals surface area contributed by atoms with Crippen LogP contribution in [0.25, 0.3) is 0 Å². The molecule has 0 radical (unpaired) electrons. The van der Waals surface area contributed by atoms with Crippen LogP contribution in [0.1, 0.15) is 12.8 Å². The molecule has 0 saturated carbocycles. The average molecular weight is 311 g/mol. The minimum absolute atomic E-state index is 0.358. The van der Waals surface area contributed by atoms with Gasteiger partial charge in [-0.3, -0.25) is 19.7 Å². The third-order valence-corrected chi connectivity index (χ3v) is 3.35. The summed E-state index contributed by atoms with van der Waals surface area (Å²) in [6, 6.07) is 3.01. The first kappa shape index (κ1) is 16.0. The molecule has 1 fully saturated rings. The largest absolute Gasteiger partial charge is 0.317 e. The van der Waals surface area contributed by atoms with Crippen LogP contribution >= 0.6 is 0 Å². The number of hydrogen-bond acceptors (Lipinski definition) is 4. The molecular weight excluding hydrogens is 296 g/mol. The van der Waals surface area contributed by atoms with E-state index >= 15 is 0 Å². The second-order valence-electron chi connectivity index (χ2n) is 4.89. The molecule has 1 heterocycles. The Bertz CT molecular complexity index is 581. The number of halogens is 2. The standard InChI is InChI=1S/C14H15F2N3O3/c15-9-2-1-3-10(16)11(9)18-13(21)14(22)19-12(20)8-4-6-17-7-5-8/h1-3,8,17H,4-7H2,(H,18,21)(H,19,20,22). The van der Waals surface area contributed by atoms with Gasteiger partial charge in [-0.1, -0.05) is 6.07 Å². The van der Waals surface area contributed by atoms with E-state index in [4.69, 9.17) is 0 Å². The SMILES string of the molecule is O=C(NC(=O)C1CCNCC1)C(=O)Nc1c(F)cccc1F. The van der Waals surface area contributed by atoms with Crippen molar-refractivity contribution < 1.29 is 23.2 Å². The molecule has 0 bridgehead atoms. The van der Waals surface area contributed by atoms with Crippen LogP contribution in [-0.2, 0) is 14.4 Å². The highest BCUT2D eigenvalue weighted by Crippen LogP contribution is 2.17. The van der Waals surface area contributed by atoms with E-state index in [-0.39, 0.29) is 5.92 Å². The first-order chi connectivity index (χ1) is 10.5. The van der Waals surface area contributed by atoms with Crippen LogP contribution in [0.3, 0.4) is 0 Å². The number of carbonyl (C=O) groups is 3. The Kier molecular flexibility index (Phi) is 5.16. The summed E-state index contributed by atoms with van der Waals surface area (Å²) in [4.78, 5) is 35.0. The Morgan fingerprint density at radius 3 is 2.23 bits per heavy atom. The summed E-state index contributed by atoms with van der Waals surface area (Å²) in [5, 5.41) is 6.83. The van der Waals surface area contributed by atoms with E-state index in [1.807, 2.05) is 10.6 Å². The third kappa shape index (κ3) is 3.85. The summed E-state index contributed by atoms with van der Waals surface area (Å²) in [5.41, 5.74) is -0.725. The Labute approximate surface area is 125 Å². The van der Waals surface area contributed by atoms with E-state index < -0.39 is 35.0 Å². The molecular formula is C14H15F2N3O3. The highest BCUT2D eigenvalue weighted by molar-refractivity contribution is 6.42. The summed E-state index contributed by atoms with van der Waals surface area (Å²) in [6.45, 7) is 1.30. The van der Waals surface area contributed by atoms with Crippen molar-refractivity contribution in [3.8, 4) is 0 Å². The lowest BCUT2D eigenvalue weighted by atomic mass is 9.97. The van der Waals surface area contributed by atoms with E-state index in [0.717, 1.165) is 18.2 Å². The van der Waals surface area contributed by atoms with Crippen LogP contribution in [0.15, 0.2) is 18.2 Å². The predicted octanol–water partition coefficient (Wildman–Crippen LogP) is 0.546. The molecule has 22 heavy (non-hydrogen) atoms. The van der Waals surface area contributed by atoms with Crippen LogP contribution in [0.4, 0.5) is 14.5 Å². The van der Waals surface area contributed by atoms with Crippen molar-refractivity contribution in [2.45, 2.75) is 12.8 Å². The van der Waals surface area contributed by atoms with Crippen molar-refractivity contribution in [3.63, 3.8) is 0 Å². The molecule has 1 aromatic carbocycles. The molecule has 3 amide bonds. The topological polar surface area (TPSA) is 87.3 Å². The number of imide groups is 1. The van der Waals surface area contributed by atoms with Crippen molar-refractivity contribution in [3.05, 3.63) is 29.8 Å². The molecule has 3 N–H and O–H groups in total. The fraction of sp³-hybridized carbons (Fsp3) is 0.357. The highest BCUT2D eigenvalue weighted by Gasteiger charge is 2.25. The van der Waals surface area contributed by atoms with Crippen LogP contribution in [-0.4, -0.2) is 30.8 Å². The molecule has 1 aliphatic heterocycles. The fourth-order valence-corrected chi connectivity index (χ4v) is 2.14. The fourth-order valence-electron chi connectivity index (χ4n) is 2.14. The Morgan fingerprint density at radius 2 is 1.64 bits per heavy atom. The van der Waals surface area contributed by atoms with Crippen molar-refractivity contribution in [2.24, 2.45) is 5.92 Å². The van der Waals surface area contributed by atoms with Crippen LogP contribution in [0, 0.1) is 17.6 Å². The minimum atomic E-state index is -1.30.